The van der Waals surface area contributed by atoms with Crippen molar-refractivity contribution in [3.63, 3.8) is 0 Å². The molecule has 0 radical (unpaired) electrons. The van der Waals surface area contributed by atoms with Crippen molar-refractivity contribution in [1.29, 1.82) is 0 Å². The summed E-state index contributed by atoms with van der Waals surface area (Å²) in [4.78, 5) is 14.4. The second kappa shape index (κ2) is 4.97. The Hall–Kier alpha value is -0.570. The van der Waals surface area contributed by atoms with E-state index in [1.165, 1.54) is 38.5 Å². The van der Waals surface area contributed by atoms with Crippen LogP contribution in [0.3, 0.4) is 0 Å². The fourth-order valence-electron chi connectivity index (χ4n) is 3.82. The second-order valence-corrected chi connectivity index (χ2v) is 6.12. The average Bonchev–Trinajstić information content (AvgIpc) is 2.90. The highest BCUT2D eigenvalue weighted by Gasteiger charge is 2.38. The average molecular weight is 236 g/mol. The number of hydrogen-bond acceptors (Lipinski definition) is 2. The zero-order chi connectivity index (χ0) is 11.7. The number of carbonyl (C=O) groups is 1. The summed E-state index contributed by atoms with van der Waals surface area (Å²) in [6, 6.07) is 0.602. The van der Waals surface area contributed by atoms with E-state index in [9.17, 15) is 4.79 Å². The lowest BCUT2D eigenvalue weighted by molar-refractivity contribution is -0.131. The molecule has 0 unspecified atom stereocenters. The van der Waals surface area contributed by atoms with Gasteiger partial charge in [0.2, 0.25) is 5.91 Å². The van der Waals surface area contributed by atoms with Crippen LogP contribution in [0.25, 0.3) is 0 Å². The van der Waals surface area contributed by atoms with Crippen LogP contribution in [0.4, 0.5) is 0 Å². The molecule has 3 nitrogen and oxygen atoms in total. The van der Waals surface area contributed by atoms with E-state index in [0.29, 0.717) is 17.9 Å². The molecule has 96 valence electrons. The van der Waals surface area contributed by atoms with E-state index < -0.39 is 0 Å². The van der Waals surface area contributed by atoms with E-state index in [-0.39, 0.29) is 0 Å². The van der Waals surface area contributed by atoms with Crippen LogP contribution in [0.2, 0.25) is 0 Å². The van der Waals surface area contributed by atoms with Gasteiger partial charge in [-0.25, -0.2) is 0 Å². The number of likely N-dealkylation sites (tertiary alicyclic amines) is 1. The molecule has 2 atom stereocenters. The Morgan fingerprint density at radius 3 is 2.71 bits per heavy atom. The molecule has 1 saturated carbocycles. The van der Waals surface area contributed by atoms with Gasteiger partial charge in [0.15, 0.2) is 0 Å². The van der Waals surface area contributed by atoms with Gasteiger partial charge >= 0.3 is 0 Å². The van der Waals surface area contributed by atoms with Gasteiger partial charge in [0.1, 0.15) is 0 Å². The van der Waals surface area contributed by atoms with E-state index in [4.69, 9.17) is 0 Å². The summed E-state index contributed by atoms with van der Waals surface area (Å²) in [6.45, 7) is 3.14. The number of carbonyl (C=O) groups excluding carboxylic acids is 1. The van der Waals surface area contributed by atoms with Crippen molar-refractivity contribution in [2.75, 3.05) is 19.6 Å². The van der Waals surface area contributed by atoms with Crippen molar-refractivity contribution >= 4 is 5.91 Å². The topological polar surface area (TPSA) is 32.3 Å². The number of fused-ring (bicyclic) bond motifs is 1. The molecule has 1 amide bonds. The Labute approximate surface area is 104 Å². The van der Waals surface area contributed by atoms with Crippen molar-refractivity contribution in [2.24, 2.45) is 11.8 Å². The van der Waals surface area contributed by atoms with Crippen molar-refractivity contribution in [1.82, 2.24) is 10.2 Å². The smallest absolute Gasteiger partial charge is 0.222 e. The minimum atomic E-state index is 0.424. The highest BCUT2D eigenvalue weighted by molar-refractivity contribution is 5.77. The number of amides is 1. The van der Waals surface area contributed by atoms with Crippen LogP contribution in [0, 0.1) is 11.8 Å². The van der Waals surface area contributed by atoms with Gasteiger partial charge in [0.05, 0.1) is 0 Å². The molecule has 2 heterocycles. The first-order valence-corrected chi connectivity index (χ1v) is 7.34. The van der Waals surface area contributed by atoms with Gasteiger partial charge in [-0.05, 0) is 37.6 Å². The molecule has 0 aromatic heterocycles. The summed E-state index contributed by atoms with van der Waals surface area (Å²) in [5.74, 6) is 1.85. The maximum Gasteiger partial charge on any atom is 0.222 e. The summed E-state index contributed by atoms with van der Waals surface area (Å²) in [5.41, 5.74) is 0. The minimum absolute atomic E-state index is 0.424. The summed E-state index contributed by atoms with van der Waals surface area (Å²) in [7, 11) is 0. The zero-order valence-corrected chi connectivity index (χ0v) is 10.7. The molecule has 2 saturated heterocycles. The standard InChI is InChI=1S/C14H24N2O/c17-14(8-11-4-2-1-3-5-11)16-9-12-6-7-15-13(12)10-16/h11-13,15H,1-10H2/t12-,13+/m0/s1. The highest BCUT2D eigenvalue weighted by Crippen LogP contribution is 2.29. The van der Waals surface area contributed by atoms with Crippen molar-refractivity contribution in [3.8, 4) is 0 Å². The molecule has 3 aliphatic rings. The van der Waals surface area contributed by atoms with Crippen LogP contribution in [0.5, 0.6) is 0 Å². The maximum atomic E-state index is 12.2. The van der Waals surface area contributed by atoms with Crippen LogP contribution in [-0.4, -0.2) is 36.5 Å². The van der Waals surface area contributed by atoms with Crippen molar-refractivity contribution in [3.05, 3.63) is 0 Å². The van der Waals surface area contributed by atoms with Gasteiger partial charge < -0.3 is 10.2 Å². The van der Waals surface area contributed by atoms with Gasteiger partial charge in [-0.1, -0.05) is 19.3 Å². The number of hydrogen-bond donors (Lipinski definition) is 1. The van der Waals surface area contributed by atoms with E-state index in [1.54, 1.807) is 0 Å². The Balaban J connectivity index is 1.49. The van der Waals surface area contributed by atoms with E-state index >= 15 is 0 Å². The molecule has 3 rings (SSSR count). The summed E-state index contributed by atoms with van der Waals surface area (Å²) in [5, 5.41) is 3.51. The molecule has 17 heavy (non-hydrogen) atoms. The monoisotopic (exact) mass is 236 g/mol. The summed E-state index contributed by atoms with van der Waals surface area (Å²) in [6.07, 6.45) is 8.70. The lowest BCUT2D eigenvalue weighted by Crippen LogP contribution is -2.35. The molecule has 0 aromatic rings. The maximum absolute atomic E-state index is 12.2. The first-order chi connectivity index (χ1) is 8.33. The molecule has 3 heteroatoms. The Morgan fingerprint density at radius 2 is 1.94 bits per heavy atom. The third-order valence-corrected chi connectivity index (χ3v) is 4.90. The molecule has 0 aromatic carbocycles. The lowest BCUT2D eigenvalue weighted by Gasteiger charge is -2.24. The molecule has 1 N–H and O–H groups in total. The third kappa shape index (κ3) is 2.49. The fourth-order valence-corrected chi connectivity index (χ4v) is 3.82. The third-order valence-electron chi connectivity index (χ3n) is 4.90. The van der Waals surface area contributed by atoms with Gasteiger partial charge in [0.25, 0.3) is 0 Å². The van der Waals surface area contributed by atoms with Crippen LogP contribution in [0.1, 0.15) is 44.9 Å². The van der Waals surface area contributed by atoms with Crippen LogP contribution < -0.4 is 5.32 Å². The fraction of sp³-hybridized carbons (Fsp3) is 0.929. The number of rotatable bonds is 2. The molecular weight excluding hydrogens is 212 g/mol. The van der Waals surface area contributed by atoms with E-state index in [1.807, 2.05) is 0 Å². The zero-order valence-electron chi connectivity index (χ0n) is 10.7. The molecule has 1 aliphatic carbocycles. The van der Waals surface area contributed by atoms with Gasteiger partial charge in [-0.3, -0.25) is 4.79 Å². The first-order valence-electron chi connectivity index (χ1n) is 7.34. The van der Waals surface area contributed by atoms with Gasteiger partial charge in [-0.15, -0.1) is 0 Å². The first kappa shape index (κ1) is 11.5. The molecule has 0 bridgehead atoms. The Kier molecular flexibility index (Phi) is 3.37. The number of nitrogens with zero attached hydrogens (tertiary/aromatic N) is 1. The van der Waals surface area contributed by atoms with Crippen LogP contribution >= 0.6 is 0 Å². The number of nitrogens with one attached hydrogen (secondary N) is 1. The van der Waals surface area contributed by atoms with Crippen molar-refractivity contribution < 1.29 is 4.79 Å². The summed E-state index contributed by atoms with van der Waals surface area (Å²) < 4.78 is 0. The van der Waals surface area contributed by atoms with Gasteiger partial charge in [0, 0.05) is 25.6 Å². The Bertz CT molecular complexity index is 274. The van der Waals surface area contributed by atoms with Crippen LogP contribution in [0.15, 0.2) is 0 Å². The lowest BCUT2D eigenvalue weighted by atomic mass is 9.87. The predicted octanol–water partition coefficient (Wildman–Crippen LogP) is 1.78. The van der Waals surface area contributed by atoms with E-state index in [2.05, 4.69) is 10.2 Å². The van der Waals surface area contributed by atoms with Crippen LogP contribution in [-0.2, 0) is 4.79 Å². The molecular formula is C14H24N2O. The predicted molar refractivity (Wildman–Crippen MR) is 67.7 cm³/mol. The summed E-state index contributed by atoms with van der Waals surface area (Å²) >= 11 is 0. The highest BCUT2D eigenvalue weighted by atomic mass is 16.2. The SMILES string of the molecule is O=C(CC1CCCCC1)N1C[C@@H]2CCN[C@@H]2C1. The second-order valence-electron chi connectivity index (χ2n) is 6.12. The quantitative estimate of drug-likeness (QED) is 0.792. The molecule has 3 fully saturated rings. The largest absolute Gasteiger partial charge is 0.341 e. The van der Waals surface area contributed by atoms with Gasteiger partial charge in [-0.2, -0.15) is 0 Å². The normalized spacial score (nSPS) is 34.0. The Morgan fingerprint density at radius 1 is 1.12 bits per heavy atom. The minimum Gasteiger partial charge on any atom is -0.341 e. The van der Waals surface area contributed by atoms with E-state index in [0.717, 1.165) is 32.0 Å². The van der Waals surface area contributed by atoms with Crippen molar-refractivity contribution in [2.45, 2.75) is 51.0 Å². The molecule has 0 spiro atoms. The molecule has 2 aliphatic heterocycles.